The summed E-state index contributed by atoms with van der Waals surface area (Å²) in [5.74, 6) is 0.182. The van der Waals surface area contributed by atoms with Crippen LogP contribution in [-0.4, -0.2) is 22.7 Å². The van der Waals surface area contributed by atoms with E-state index in [-0.39, 0.29) is 18.4 Å². The van der Waals surface area contributed by atoms with Crippen molar-refractivity contribution in [3.05, 3.63) is 92.3 Å². The SMILES string of the molecule is Cc1ccc(N2C(=O)/C(=C/c3ccc(OCC(=O)Nc4ccc(Br)c(C)c4)cc3)SC2=S)cc1C. The second-order valence-corrected chi connectivity index (χ2v) is 10.7. The summed E-state index contributed by atoms with van der Waals surface area (Å²) in [6.45, 7) is 5.90. The molecule has 8 heteroatoms. The van der Waals surface area contributed by atoms with Crippen molar-refractivity contribution < 1.29 is 14.3 Å². The fourth-order valence-electron chi connectivity index (χ4n) is 3.44. The molecule has 2 amide bonds. The minimum atomic E-state index is -0.245. The molecule has 1 aliphatic rings. The van der Waals surface area contributed by atoms with E-state index in [4.69, 9.17) is 17.0 Å². The predicted octanol–water partition coefficient (Wildman–Crippen LogP) is 6.80. The highest BCUT2D eigenvalue weighted by Crippen LogP contribution is 2.36. The van der Waals surface area contributed by atoms with Gasteiger partial charge in [-0.3, -0.25) is 14.5 Å². The van der Waals surface area contributed by atoms with Crippen LogP contribution < -0.4 is 15.0 Å². The second-order valence-electron chi connectivity index (χ2n) is 8.16. The quantitative estimate of drug-likeness (QED) is 0.262. The molecular weight excluding hydrogens is 544 g/mol. The molecule has 1 heterocycles. The first kappa shape index (κ1) is 25.2. The molecule has 1 fully saturated rings. The first-order chi connectivity index (χ1) is 16.7. The van der Waals surface area contributed by atoms with Crippen molar-refractivity contribution in [3.63, 3.8) is 0 Å². The van der Waals surface area contributed by atoms with Crippen LogP contribution in [0.15, 0.2) is 70.0 Å². The fraction of sp³-hybridized carbons (Fsp3) is 0.148. The lowest BCUT2D eigenvalue weighted by atomic mass is 10.1. The monoisotopic (exact) mass is 566 g/mol. The molecule has 178 valence electrons. The van der Waals surface area contributed by atoms with E-state index in [0.717, 1.165) is 32.4 Å². The third-order valence-electron chi connectivity index (χ3n) is 5.53. The summed E-state index contributed by atoms with van der Waals surface area (Å²) in [7, 11) is 0. The number of anilines is 2. The van der Waals surface area contributed by atoms with Gasteiger partial charge in [0.25, 0.3) is 11.8 Å². The largest absolute Gasteiger partial charge is 0.484 e. The zero-order valence-electron chi connectivity index (χ0n) is 19.4. The number of nitrogens with zero attached hydrogens (tertiary/aromatic N) is 1. The van der Waals surface area contributed by atoms with Crippen LogP contribution in [0.25, 0.3) is 6.08 Å². The number of amides is 2. The summed E-state index contributed by atoms with van der Waals surface area (Å²) < 4.78 is 7.11. The average molecular weight is 568 g/mol. The molecule has 5 nitrogen and oxygen atoms in total. The maximum absolute atomic E-state index is 13.0. The van der Waals surface area contributed by atoms with Gasteiger partial charge in [-0.2, -0.15) is 0 Å². The molecule has 1 N–H and O–H groups in total. The molecular formula is C27H23BrN2O3S2. The third kappa shape index (κ3) is 6.01. The first-order valence-corrected chi connectivity index (χ1v) is 12.9. The molecule has 0 unspecified atom stereocenters. The number of hydrogen-bond acceptors (Lipinski definition) is 5. The molecule has 1 aliphatic heterocycles. The lowest BCUT2D eigenvalue weighted by molar-refractivity contribution is -0.118. The average Bonchev–Trinajstić information content (AvgIpc) is 3.10. The summed E-state index contributed by atoms with van der Waals surface area (Å²) in [4.78, 5) is 27.4. The van der Waals surface area contributed by atoms with Gasteiger partial charge in [0, 0.05) is 10.2 Å². The van der Waals surface area contributed by atoms with Crippen LogP contribution in [0.1, 0.15) is 22.3 Å². The number of thiocarbonyl (C=S) groups is 1. The van der Waals surface area contributed by atoms with Crippen molar-refractivity contribution in [3.8, 4) is 5.75 Å². The van der Waals surface area contributed by atoms with Gasteiger partial charge in [-0.25, -0.2) is 0 Å². The van der Waals surface area contributed by atoms with E-state index >= 15 is 0 Å². The second kappa shape index (κ2) is 10.8. The van der Waals surface area contributed by atoms with E-state index in [2.05, 4.69) is 21.2 Å². The van der Waals surface area contributed by atoms with Crippen LogP contribution in [0.2, 0.25) is 0 Å². The van der Waals surface area contributed by atoms with Crippen LogP contribution in [0, 0.1) is 20.8 Å². The Hall–Kier alpha value is -2.94. The highest BCUT2D eigenvalue weighted by atomic mass is 79.9. The number of rotatable bonds is 6. The van der Waals surface area contributed by atoms with Crippen LogP contribution in [0.5, 0.6) is 5.75 Å². The summed E-state index contributed by atoms with van der Waals surface area (Å²) in [5, 5.41) is 2.82. The van der Waals surface area contributed by atoms with E-state index in [1.807, 2.05) is 75.4 Å². The van der Waals surface area contributed by atoms with Gasteiger partial charge in [0.05, 0.1) is 10.6 Å². The minimum absolute atomic E-state index is 0.108. The van der Waals surface area contributed by atoms with Crippen molar-refractivity contribution >= 4 is 73.5 Å². The highest BCUT2D eigenvalue weighted by molar-refractivity contribution is 9.10. The summed E-state index contributed by atoms with van der Waals surface area (Å²) >= 11 is 10.2. The lowest BCUT2D eigenvalue weighted by Crippen LogP contribution is -2.27. The number of thioether (sulfide) groups is 1. The van der Waals surface area contributed by atoms with Crippen molar-refractivity contribution in [2.45, 2.75) is 20.8 Å². The Morgan fingerprint density at radius 1 is 1.03 bits per heavy atom. The van der Waals surface area contributed by atoms with Crippen molar-refractivity contribution in [1.82, 2.24) is 0 Å². The summed E-state index contributed by atoms with van der Waals surface area (Å²) in [5.41, 5.74) is 5.64. The first-order valence-electron chi connectivity index (χ1n) is 10.9. The molecule has 35 heavy (non-hydrogen) atoms. The topological polar surface area (TPSA) is 58.6 Å². The molecule has 0 spiro atoms. The Labute approximate surface area is 222 Å². The Bertz CT molecular complexity index is 1350. The number of halogens is 1. The van der Waals surface area contributed by atoms with E-state index in [1.54, 1.807) is 17.0 Å². The lowest BCUT2D eigenvalue weighted by Gasteiger charge is -2.15. The smallest absolute Gasteiger partial charge is 0.270 e. The Kier molecular flexibility index (Phi) is 7.74. The molecule has 4 rings (SSSR count). The third-order valence-corrected chi connectivity index (χ3v) is 7.72. The van der Waals surface area contributed by atoms with Gasteiger partial charge in [0.1, 0.15) is 5.75 Å². The maximum Gasteiger partial charge on any atom is 0.270 e. The standard InChI is InChI=1S/C27H23BrN2O3S2/c1-16-4-8-21(13-17(16)2)30-26(32)24(35-27(30)34)14-19-5-9-22(10-6-19)33-15-25(31)29-20-7-11-23(28)18(3)12-20/h4-14H,15H2,1-3H3,(H,29,31)/b24-14-. The highest BCUT2D eigenvalue weighted by Gasteiger charge is 2.33. The number of nitrogens with one attached hydrogen (secondary N) is 1. The van der Waals surface area contributed by atoms with Gasteiger partial charge < -0.3 is 10.1 Å². The van der Waals surface area contributed by atoms with Crippen molar-refractivity contribution in [2.75, 3.05) is 16.8 Å². The van der Waals surface area contributed by atoms with Gasteiger partial charge in [0.2, 0.25) is 0 Å². The molecule has 0 saturated carbocycles. The van der Waals surface area contributed by atoms with Crippen LogP contribution in [0.4, 0.5) is 11.4 Å². The van der Waals surface area contributed by atoms with Gasteiger partial charge in [-0.15, -0.1) is 0 Å². The van der Waals surface area contributed by atoms with Gasteiger partial charge in [-0.05, 0) is 91.6 Å². The number of carbonyl (C=O) groups excluding carboxylic acids is 2. The zero-order valence-corrected chi connectivity index (χ0v) is 22.6. The normalized spacial score (nSPS) is 14.5. The maximum atomic E-state index is 13.0. The van der Waals surface area contributed by atoms with Gasteiger partial charge >= 0.3 is 0 Å². The number of aryl methyl sites for hydroxylation is 3. The van der Waals surface area contributed by atoms with E-state index in [1.165, 1.54) is 11.8 Å². The fourth-order valence-corrected chi connectivity index (χ4v) is 4.98. The van der Waals surface area contributed by atoms with Crippen LogP contribution in [0.3, 0.4) is 0 Å². The number of benzene rings is 3. The van der Waals surface area contributed by atoms with Crippen molar-refractivity contribution in [1.29, 1.82) is 0 Å². The molecule has 3 aromatic carbocycles. The Morgan fingerprint density at radius 2 is 1.77 bits per heavy atom. The van der Waals surface area contributed by atoms with E-state index in [0.29, 0.717) is 20.7 Å². The van der Waals surface area contributed by atoms with Gasteiger partial charge in [-0.1, -0.05) is 58.1 Å². The van der Waals surface area contributed by atoms with E-state index in [9.17, 15) is 9.59 Å². The van der Waals surface area contributed by atoms with Crippen molar-refractivity contribution in [2.24, 2.45) is 0 Å². The summed E-state index contributed by atoms with van der Waals surface area (Å²) in [6, 6.07) is 18.7. The Morgan fingerprint density at radius 3 is 2.46 bits per heavy atom. The molecule has 0 radical (unpaired) electrons. The molecule has 0 bridgehead atoms. The number of hydrogen-bond donors (Lipinski definition) is 1. The number of ether oxygens (including phenoxy) is 1. The zero-order chi connectivity index (χ0) is 25.1. The molecule has 1 saturated heterocycles. The minimum Gasteiger partial charge on any atom is -0.484 e. The van der Waals surface area contributed by atoms with Crippen LogP contribution >= 0.6 is 39.9 Å². The van der Waals surface area contributed by atoms with Gasteiger partial charge in [0.15, 0.2) is 10.9 Å². The molecule has 0 aliphatic carbocycles. The summed E-state index contributed by atoms with van der Waals surface area (Å²) in [6.07, 6.45) is 1.81. The van der Waals surface area contributed by atoms with Crippen LogP contribution in [-0.2, 0) is 9.59 Å². The molecule has 3 aromatic rings. The molecule has 0 atom stereocenters. The molecule has 0 aromatic heterocycles. The number of carbonyl (C=O) groups is 2. The van der Waals surface area contributed by atoms with E-state index < -0.39 is 0 Å². The Balaban J connectivity index is 1.37. The predicted molar refractivity (Wildman–Crippen MR) is 151 cm³/mol.